The lowest BCUT2D eigenvalue weighted by Gasteiger charge is -1.95. The Bertz CT molecular complexity index is 411. The maximum Gasteiger partial charge on any atom is 0.0774 e. The summed E-state index contributed by atoms with van der Waals surface area (Å²) in [6.45, 7) is 0.123. The predicted molar refractivity (Wildman–Crippen MR) is 67.7 cm³/mol. The minimum absolute atomic E-state index is 0.123. The SMILES string of the molecule is OCc1cc2cc(S)c(I)cc2s1. The van der Waals surface area contributed by atoms with Crippen LogP contribution in [-0.2, 0) is 6.61 Å². The van der Waals surface area contributed by atoms with Gasteiger partial charge in [0.15, 0.2) is 0 Å². The molecular formula is C9H7IOS2. The topological polar surface area (TPSA) is 20.2 Å². The van der Waals surface area contributed by atoms with Gasteiger partial charge in [-0.1, -0.05) is 0 Å². The van der Waals surface area contributed by atoms with Crippen molar-refractivity contribution in [2.75, 3.05) is 0 Å². The summed E-state index contributed by atoms with van der Waals surface area (Å²) in [5.41, 5.74) is 0. The number of fused-ring (bicyclic) bond motifs is 1. The molecule has 0 spiro atoms. The molecule has 0 saturated heterocycles. The smallest absolute Gasteiger partial charge is 0.0774 e. The highest BCUT2D eigenvalue weighted by atomic mass is 127. The van der Waals surface area contributed by atoms with Gasteiger partial charge in [-0.05, 0) is 46.2 Å². The molecule has 1 N–H and O–H groups in total. The summed E-state index contributed by atoms with van der Waals surface area (Å²) in [7, 11) is 0. The maximum atomic E-state index is 8.97. The Morgan fingerprint density at radius 1 is 1.38 bits per heavy atom. The molecule has 0 radical (unpaired) electrons. The second-order valence-electron chi connectivity index (χ2n) is 2.71. The molecule has 0 bridgehead atoms. The minimum atomic E-state index is 0.123. The first-order chi connectivity index (χ1) is 6.20. The van der Waals surface area contributed by atoms with Crippen molar-refractivity contribution in [2.45, 2.75) is 11.5 Å². The normalized spacial score (nSPS) is 11.0. The van der Waals surface area contributed by atoms with Gasteiger partial charge in [0.25, 0.3) is 0 Å². The van der Waals surface area contributed by atoms with E-state index in [-0.39, 0.29) is 6.61 Å². The van der Waals surface area contributed by atoms with Gasteiger partial charge in [0.2, 0.25) is 0 Å². The Labute approximate surface area is 99.3 Å². The van der Waals surface area contributed by atoms with Crippen LogP contribution in [0.15, 0.2) is 23.1 Å². The van der Waals surface area contributed by atoms with Gasteiger partial charge in [-0.3, -0.25) is 0 Å². The van der Waals surface area contributed by atoms with Crippen LogP contribution < -0.4 is 0 Å². The Morgan fingerprint density at radius 3 is 2.85 bits per heavy atom. The van der Waals surface area contributed by atoms with Crippen LogP contribution >= 0.6 is 46.6 Å². The maximum absolute atomic E-state index is 8.97. The summed E-state index contributed by atoms with van der Waals surface area (Å²) in [6.07, 6.45) is 0. The highest BCUT2D eigenvalue weighted by molar-refractivity contribution is 14.1. The second kappa shape index (κ2) is 3.76. The zero-order valence-corrected chi connectivity index (χ0v) is 10.5. The number of halogens is 1. The second-order valence-corrected chi connectivity index (χ2v) is 5.52. The van der Waals surface area contributed by atoms with Crippen LogP contribution in [0.25, 0.3) is 10.1 Å². The molecule has 0 aliphatic heterocycles. The number of thiol groups is 1. The highest BCUT2D eigenvalue weighted by Crippen LogP contribution is 2.30. The molecule has 1 aromatic heterocycles. The number of aliphatic hydroxyl groups excluding tert-OH is 1. The van der Waals surface area contributed by atoms with Crippen molar-refractivity contribution in [3.8, 4) is 0 Å². The number of benzene rings is 1. The summed E-state index contributed by atoms with van der Waals surface area (Å²) in [4.78, 5) is 2.00. The summed E-state index contributed by atoms with van der Waals surface area (Å²) in [6, 6.07) is 6.15. The van der Waals surface area contributed by atoms with Crippen LogP contribution in [0.1, 0.15) is 4.88 Å². The van der Waals surface area contributed by atoms with Crippen molar-refractivity contribution in [3.05, 3.63) is 26.6 Å². The minimum Gasteiger partial charge on any atom is -0.391 e. The van der Waals surface area contributed by atoms with Crippen LogP contribution in [0.4, 0.5) is 0 Å². The molecule has 2 aromatic rings. The Balaban J connectivity index is 2.70. The lowest BCUT2D eigenvalue weighted by molar-refractivity contribution is 0.285. The van der Waals surface area contributed by atoms with Gasteiger partial charge < -0.3 is 5.11 Å². The van der Waals surface area contributed by atoms with Crippen molar-refractivity contribution in [1.29, 1.82) is 0 Å². The van der Waals surface area contributed by atoms with Gasteiger partial charge in [-0.15, -0.1) is 24.0 Å². The molecule has 0 amide bonds. The third kappa shape index (κ3) is 1.86. The summed E-state index contributed by atoms with van der Waals surface area (Å²) < 4.78 is 2.37. The molecular weight excluding hydrogens is 315 g/mol. The molecule has 4 heteroatoms. The number of aliphatic hydroxyl groups is 1. The van der Waals surface area contributed by atoms with Crippen LogP contribution in [-0.4, -0.2) is 5.11 Å². The van der Waals surface area contributed by atoms with E-state index in [1.807, 2.05) is 12.1 Å². The molecule has 13 heavy (non-hydrogen) atoms. The molecule has 1 heterocycles. The molecule has 0 unspecified atom stereocenters. The molecule has 1 aromatic carbocycles. The Morgan fingerprint density at radius 2 is 2.15 bits per heavy atom. The fourth-order valence-electron chi connectivity index (χ4n) is 1.18. The van der Waals surface area contributed by atoms with E-state index in [1.54, 1.807) is 11.3 Å². The molecule has 0 aliphatic carbocycles. The Kier molecular flexibility index (Phi) is 2.83. The Hall–Kier alpha value is 0.220. The molecule has 0 fully saturated rings. The number of hydrogen-bond acceptors (Lipinski definition) is 3. The van der Waals surface area contributed by atoms with E-state index in [0.29, 0.717) is 0 Å². The first-order valence-electron chi connectivity index (χ1n) is 3.72. The monoisotopic (exact) mass is 322 g/mol. The van der Waals surface area contributed by atoms with Crippen molar-refractivity contribution in [1.82, 2.24) is 0 Å². The zero-order chi connectivity index (χ0) is 9.42. The first kappa shape index (κ1) is 9.76. The van der Waals surface area contributed by atoms with E-state index in [1.165, 1.54) is 10.1 Å². The van der Waals surface area contributed by atoms with Gasteiger partial charge in [0.1, 0.15) is 0 Å². The average molecular weight is 322 g/mol. The van der Waals surface area contributed by atoms with E-state index in [2.05, 4.69) is 41.3 Å². The first-order valence-corrected chi connectivity index (χ1v) is 6.07. The van der Waals surface area contributed by atoms with Crippen molar-refractivity contribution in [2.24, 2.45) is 0 Å². The van der Waals surface area contributed by atoms with Crippen molar-refractivity contribution in [3.63, 3.8) is 0 Å². The summed E-state index contributed by atoms with van der Waals surface area (Å²) in [5, 5.41) is 10.1. The lowest BCUT2D eigenvalue weighted by atomic mass is 10.2. The van der Waals surface area contributed by atoms with Crippen LogP contribution in [0.3, 0.4) is 0 Å². The fourth-order valence-corrected chi connectivity index (χ4v) is 3.01. The molecule has 68 valence electrons. The number of rotatable bonds is 1. The van der Waals surface area contributed by atoms with Crippen molar-refractivity contribution >= 4 is 56.6 Å². The van der Waals surface area contributed by atoms with Gasteiger partial charge in [0, 0.05) is 18.0 Å². The van der Waals surface area contributed by atoms with E-state index < -0.39 is 0 Å². The quantitative estimate of drug-likeness (QED) is 0.610. The van der Waals surface area contributed by atoms with E-state index in [4.69, 9.17) is 5.11 Å². The van der Waals surface area contributed by atoms with Crippen LogP contribution in [0.5, 0.6) is 0 Å². The van der Waals surface area contributed by atoms with E-state index in [0.717, 1.165) is 13.3 Å². The zero-order valence-electron chi connectivity index (χ0n) is 6.62. The van der Waals surface area contributed by atoms with Gasteiger partial charge >= 0.3 is 0 Å². The highest BCUT2D eigenvalue weighted by Gasteiger charge is 2.03. The third-order valence-electron chi connectivity index (χ3n) is 1.79. The van der Waals surface area contributed by atoms with Gasteiger partial charge in [-0.2, -0.15) is 0 Å². The average Bonchev–Trinajstić information content (AvgIpc) is 2.48. The fraction of sp³-hybridized carbons (Fsp3) is 0.111. The predicted octanol–water partition coefficient (Wildman–Crippen LogP) is 3.29. The molecule has 0 atom stereocenters. The lowest BCUT2D eigenvalue weighted by Crippen LogP contribution is -1.73. The van der Waals surface area contributed by atoms with E-state index in [9.17, 15) is 0 Å². The number of hydrogen-bond donors (Lipinski definition) is 2. The third-order valence-corrected chi connectivity index (χ3v) is 4.56. The van der Waals surface area contributed by atoms with Gasteiger partial charge in [-0.25, -0.2) is 0 Å². The van der Waals surface area contributed by atoms with Gasteiger partial charge in [0.05, 0.1) is 6.61 Å². The summed E-state index contributed by atoms with van der Waals surface area (Å²) >= 11 is 8.24. The van der Waals surface area contributed by atoms with E-state index >= 15 is 0 Å². The largest absolute Gasteiger partial charge is 0.391 e. The molecule has 1 nitrogen and oxygen atoms in total. The molecule has 0 aliphatic rings. The molecule has 0 saturated carbocycles. The standard InChI is InChI=1S/C9H7IOS2/c10-7-3-9-5(2-8(7)12)1-6(4-11)13-9/h1-3,11-12H,4H2. The van der Waals surface area contributed by atoms with Crippen molar-refractivity contribution < 1.29 is 5.11 Å². The molecule has 2 rings (SSSR count). The number of thiophene rings is 1. The summed E-state index contributed by atoms with van der Waals surface area (Å²) in [5.74, 6) is 0. The van der Waals surface area contributed by atoms with Crippen LogP contribution in [0, 0.1) is 3.57 Å². The van der Waals surface area contributed by atoms with Crippen LogP contribution in [0.2, 0.25) is 0 Å².